The van der Waals surface area contributed by atoms with E-state index in [-0.39, 0.29) is 12.6 Å². The van der Waals surface area contributed by atoms with Crippen LogP contribution in [0, 0.1) is 0 Å². The van der Waals surface area contributed by atoms with Crippen molar-refractivity contribution in [2.24, 2.45) is 5.73 Å². The Morgan fingerprint density at radius 3 is 2.33 bits per heavy atom. The molecule has 0 bridgehead atoms. The van der Waals surface area contributed by atoms with Crippen molar-refractivity contribution in [2.75, 3.05) is 6.61 Å². The maximum absolute atomic E-state index is 11.8. The first-order valence-electron chi connectivity index (χ1n) is 6.37. The molecule has 1 atom stereocenters. The van der Waals surface area contributed by atoms with Crippen LogP contribution in [0.1, 0.15) is 51.9 Å². The number of carbonyl (C=O) groups excluding carboxylic acids is 1. The van der Waals surface area contributed by atoms with Gasteiger partial charge in [0, 0.05) is 6.04 Å². The van der Waals surface area contributed by atoms with Gasteiger partial charge < -0.3 is 10.5 Å². The first-order valence-corrected chi connectivity index (χ1v) is 6.37. The lowest BCUT2D eigenvalue weighted by Gasteiger charge is -2.11. The Bertz CT molecular complexity index is 232. The van der Waals surface area contributed by atoms with E-state index in [4.69, 9.17) is 5.73 Å². The molecule has 0 heterocycles. The van der Waals surface area contributed by atoms with Crippen LogP contribution >= 0.6 is 0 Å². The Morgan fingerprint density at radius 1 is 1.17 bits per heavy atom. The van der Waals surface area contributed by atoms with Crippen molar-refractivity contribution >= 4 is 5.97 Å². The van der Waals surface area contributed by atoms with Gasteiger partial charge in [-0.2, -0.15) is 13.2 Å². The van der Waals surface area contributed by atoms with E-state index < -0.39 is 12.1 Å². The number of esters is 1. The minimum absolute atomic E-state index is 0.0218. The van der Waals surface area contributed by atoms with E-state index in [2.05, 4.69) is 11.7 Å². The molecule has 0 aromatic rings. The summed E-state index contributed by atoms with van der Waals surface area (Å²) in [5.41, 5.74) is 5.80. The molecule has 0 spiro atoms. The molecule has 0 saturated carbocycles. The molecule has 0 rings (SSSR count). The van der Waals surface area contributed by atoms with Crippen LogP contribution in [-0.2, 0) is 9.53 Å². The lowest BCUT2D eigenvalue weighted by atomic mass is 10.0. The first-order chi connectivity index (χ1) is 8.38. The number of hydrogen-bond acceptors (Lipinski definition) is 3. The van der Waals surface area contributed by atoms with Crippen molar-refractivity contribution in [3.05, 3.63) is 0 Å². The Hall–Kier alpha value is -0.780. The Balaban J connectivity index is 3.46. The lowest BCUT2D eigenvalue weighted by Crippen LogP contribution is -2.26. The van der Waals surface area contributed by atoms with Gasteiger partial charge in [-0.05, 0) is 19.3 Å². The monoisotopic (exact) mass is 269 g/mol. The third-order valence-corrected chi connectivity index (χ3v) is 2.61. The quantitative estimate of drug-likeness (QED) is 0.516. The first kappa shape index (κ1) is 17.2. The van der Waals surface area contributed by atoms with Gasteiger partial charge in [-0.1, -0.05) is 32.6 Å². The molecule has 3 nitrogen and oxygen atoms in total. The van der Waals surface area contributed by atoms with E-state index in [0.29, 0.717) is 12.8 Å². The van der Waals surface area contributed by atoms with Crippen LogP contribution in [0.15, 0.2) is 0 Å². The van der Waals surface area contributed by atoms with Crippen molar-refractivity contribution in [3.8, 4) is 0 Å². The maximum Gasteiger partial charge on any atom is 0.490 e. The fourth-order valence-corrected chi connectivity index (χ4v) is 1.57. The average molecular weight is 269 g/mol. The summed E-state index contributed by atoms with van der Waals surface area (Å²) in [6.45, 7) is 1.90. The van der Waals surface area contributed by atoms with Crippen molar-refractivity contribution in [1.29, 1.82) is 0 Å². The predicted molar refractivity (Wildman–Crippen MR) is 63.0 cm³/mol. The fourth-order valence-electron chi connectivity index (χ4n) is 1.57. The summed E-state index contributed by atoms with van der Waals surface area (Å²) in [7, 11) is 0. The number of rotatable bonds is 9. The molecular formula is C12H22F3NO2. The number of halogens is 3. The molecule has 0 saturated heterocycles. The van der Waals surface area contributed by atoms with Gasteiger partial charge in [-0.3, -0.25) is 0 Å². The summed E-state index contributed by atoms with van der Waals surface area (Å²) < 4.78 is 39.4. The Morgan fingerprint density at radius 2 is 1.78 bits per heavy atom. The van der Waals surface area contributed by atoms with E-state index >= 15 is 0 Å². The van der Waals surface area contributed by atoms with E-state index in [1.807, 2.05) is 0 Å². The molecule has 0 aliphatic rings. The van der Waals surface area contributed by atoms with Crippen molar-refractivity contribution in [3.63, 3.8) is 0 Å². The summed E-state index contributed by atoms with van der Waals surface area (Å²) in [5, 5.41) is 0. The third kappa shape index (κ3) is 9.27. The zero-order chi connectivity index (χ0) is 14.0. The molecule has 0 aromatic heterocycles. The average Bonchev–Trinajstić information content (AvgIpc) is 2.28. The van der Waals surface area contributed by atoms with Crippen molar-refractivity contribution in [1.82, 2.24) is 0 Å². The third-order valence-electron chi connectivity index (χ3n) is 2.61. The number of nitrogens with two attached hydrogens (primary N) is 1. The molecule has 2 N–H and O–H groups in total. The summed E-state index contributed by atoms with van der Waals surface area (Å²) in [6, 6.07) is -0.0218. The Kier molecular flexibility index (Phi) is 8.79. The molecule has 0 aliphatic heterocycles. The van der Waals surface area contributed by atoms with E-state index in [9.17, 15) is 18.0 Å². The number of alkyl halides is 3. The van der Waals surface area contributed by atoms with Gasteiger partial charge in [0.2, 0.25) is 0 Å². The van der Waals surface area contributed by atoms with Crippen LogP contribution in [0.2, 0.25) is 0 Å². The van der Waals surface area contributed by atoms with Crippen LogP contribution in [0.3, 0.4) is 0 Å². The smallest absolute Gasteiger partial charge is 0.459 e. The van der Waals surface area contributed by atoms with Gasteiger partial charge in [-0.25, -0.2) is 4.79 Å². The predicted octanol–water partition coefficient (Wildman–Crippen LogP) is 3.17. The second-order valence-electron chi connectivity index (χ2n) is 4.39. The molecule has 108 valence electrons. The zero-order valence-electron chi connectivity index (χ0n) is 10.8. The molecule has 6 heteroatoms. The van der Waals surface area contributed by atoms with Gasteiger partial charge in [0.05, 0.1) is 6.61 Å². The molecular weight excluding hydrogens is 247 g/mol. The molecule has 0 aliphatic carbocycles. The topological polar surface area (TPSA) is 52.3 Å². The van der Waals surface area contributed by atoms with Crippen LogP contribution in [-0.4, -0.2) is 24.8 Å². The van der Waals surface area contributed by atoms with Crippen LogP contribution < -0.4 is 5.73 Å². The van der Waals surface area contributed by atoms with Crippen LogP contribution in [0.4, 0.5) is 13.2 Å². The highest BCUT2D eigenvalue weighted by Crippen LogP contribution is 2.16. The SMILES string of the molecule is CCCCCCC(N)CCCOC(=O)C(F)(F)F. The van der Waals surface area contributed by atoms with E-state index in [1.165, 1.54) is 6.42 Å². The van der Waals surface area contributed by atoms with E-state index in [1.54, 1.807) is 0 Å². The summed E-state index contributed by atoms with van der Waals surface area (Å²) >= 11 is 0. The Labute approximate surface area is 106 Å². The molecule has 0 fully saturated rings. The standard InChI is InChI=1S/C12H22F3NO2/c1-2-3-4-5-7-10(16)8-6-9-18-11(17)12(13,14)15/h10H,2-9,16H2,1H3. The second-order valence-corrected chi connectivity index (χ2v) is 4.39. The number of carbonyl (C=O) groups is 1. The van der Waals surface area contributed by atoms with Crippen LogP contribution in [0.25, 0.3) is 0 Å². The van der Waals surface area contributed by atoms with Gasteiger partial charge in [0.15, 0.2) is 0 Å². The largest absolute Gasteiger partial charge is 0.490 e. The van der Waals surface area contributed by atoms with Crippen molar-refractivity contribution in [2.45, 2.75) is 64.1 Å². The molecule has 0 radical (unpaired) electrons. The summed E-state index contributed by atoms with van der Waals surface area (Å²) in [5.74, 6) is -2.13. The molecule has 0 aromatic carbocycles. The molecule has 0 amide bonds. The number of hydrogen-bond donors (Lipinski definition) is 1. The van der Waals surface area contributed by atoms with Gasteiger partial charge >= 0.3 is 12.1 Å². The normalized spacial score (nSPS) is 13.4. The highest BCUT2D eigenvalue weighted by molar-refractivity contribution is 5.75. The van der Waals surface area contributed by atoms with Gasteiger partial charge in [0.1, 0.15) is 0 Å². The number of unbranched alkanes of at least 4 members (excludes halogenated alkanes) is 3. The molecule has 1 unspecified atom stereocenters. The zero-order valence-corrected chi connectivity index (χ0v) is 10.8. The molecule has 18 heavy (non-hydrogen) atoms. The van der Waals surface area contributed by atoms with Gasteiger partial charge in [-0.15, -0.1) is 0 Å². The minimum atomic E-state index is -4.90. The summed E-state index contributed by atoms with van der Waals surface area (Å²) in [6.07, 6.45) is 1.42. The summed E-state index contributed by atoms with van der Waals surface area (Å²) in [4.78, 5) is 10.4. The van der Waals surface area contributed by atoms with Crippen LogP contribution in [0.5, 0.6) is 0 Å². The maximum atomic E-state index is 11.8. The highest BCUT2D eigenvalue weighted by atomic mass is 19.4. The number of ether oxygens (including phenoxy) is 1. The van der Waals surface area contributed by atoms with Crippen molar-refractivity contribution < 1.29 is 22.7 Å². The second kappa shape index (κ2) is 9.19. The minimum Gasteiger partial charge on any atom is -0.459 e. The lowest BCUT2D eigenvalue weighted by molar-refractivity contribution is -0.199. The fraction of sp³-hybridized carbons (Fsp3) is 0.917. The highest BCUT2D eigenvalue weighted by Gasteiger charge is 2.40. The van der Waals surface area contributed by atoms with E-state index in [0.717, 1.165) is 25.7 Å². The van der Waals surface area contributed by atoms with Gasteiger partial charge in [0.25, 0.3) is 0 Å².